The number of carbonyl (C=O) groups is 2. The summed E-state index contributed by atoms with van der Waals surface area (Å²) in [5, 5.41) is 1.78. The van der Waals surface area contributed by atoms with Crippen molar-refractivity contribution in [3.05, 3.63) is 44.8 Å². The molecule has 0 aliphatic rings. The molecule has 2 aromatic heterocycles. The predicted molar refractivity (Wildman–Crippen MR) is 67.7 cm³/mol. The number of hydrogen-bond donors (Lipinski definition) is 3. The van der Waals surface area contributed by atoms with E-state index in [4.69, 9.17) is 0 Å². The maximum Gasteiger partial charge on any atom is 0.286 e. The minimum Gasteiger partial charge on any atom is -0.357 e. The Morgan fingerprint density at radius 3 is 2.59 bits per heavy atom. The van der Waals surface area contributed by atoms with Gasteiger partial charge in [-0.2, -0.15) is 0 Å². The van der Waals surface area contributed by atoms with Crippen molar-refractivity contribution in [2.75, 3.05) is 0 Å². The van der Waals surface area contributed by atoms with Crippen molar-refractivity contribution in [3.8, 4) is 0 Å². The van der Waals surface area contributed by atoms with Crippen molar-refractivity contribution < 1.29 is 9.59 Å². The van der Waals surface area contributed by atoms with Crippen LogP contribution in [0, 0.1) is 0 Å². The van der Waals surface area contributed by atoms with E-state index in [0.717, 1.165) is 0 Å². The molecule has 0 saturated heterocycles. The zero-order valence-electron chi connectivity index (χ0n) is 8.49. The van der Waals surface area contributed by atoms with Gasteiger partial charge in [-0.25, -0.2) is 0 Å². The standard InChI is InChI=1S/C10H8BrN3O2S/c11-6-3-5-17-8(6)10(16)14-13-9(15)7-2-1-4-12-7/h1-5,12H,(H,13,15)(H,14,16). The summed E-state index contributed by atoms with van der Waals surface area (Å²) in [7, 11) is 0. The molecule has 3 N–H and O–H groups in total. The summed E-state index contributed by atoms with van der Waals surface area (Å²) in [6.07, 6.45) is 1.63. The van der Waals surface area contributed by atoms with Gasteiger partial charge >= 0.3 is 0 Å². The largest absolute Gasteiger partial charge is 0.357 e. The Morgan fingerprint density at radius 1 is 1.24 bits per heavy atom. The Bertz CT molecular complexity index is 536. The summed E-state index contributed by atoms with van der Waals surface area (Å²) in [6.45, 7) is 0. The van der Waals surface area contributed by atoms with Crippen LogP contribution in [-0.2, 0) is 0 Å². The summed E-state index contributed by atoms with van der Waals surface area (Å²) in [4.78, 5) is 26.4. The summed E-state index contributed by atoms with van der Waals surface area (Å²) in [5.41, 5.74) is 5.04. The highest BCUT2D eigenvalue weighted by Gasteiger charge is 2.12. The number of carbonyl (C=O) groups excluding carboxylic acids is 2. The number of H-pyrrole nitrogens is 1. The van der Waals surface area contributed by atoms with Crippen LogP contribution in [0.3, 0.4) is 0 Å². The van der Waals surface area contributed by atoms with Gasteiger partial charge in [-0.1, -0.05) is 0 Å². The summed E-state index contributed by atoms with van der Waals surface area (Å²) >= 11 is 4.53. The SMILES string of the molecule is O=C(NNC(=O)c1sccc1Br)c1ccc[nH]1. The van der Waals surface area contributed by atoms with E-state index in [1.54, 1.807) is 29.8 Å². The monoisotopic (exact) mass is 313 g/mol. The van der Waals surface area contributed by atoms with Gasteiger partial charge in [-0.05, 0) is 39.5 Å². The molecule has 5 nitrogen and oxygen atoms in total. The van der Waals surface area contributed by atoms with Gasteiger partial charge in [0.05, 0.1) is 0 Å². The van der Waals surface area contributed by atoms with Crippen LogP contribution >= 0.6 is 27.3 Å². The van der Waals surface area contributed by atoms with Crippen LogP contribution in [0.2, 0.25) is 0 Å². The second kappa shape index (κ2) is 5.15. The Labute approximate surface area is 109 Å². The average Bonchev–Trinajstić information content (AvgIpc) is 2.95. The first-order valence-corrected chi connectivity index (χ1v) is 6.33. The van der Waals surface area contributed by atoms with Crippen molar-refractivity contribution in [1.82, 2.24) is 15.8 Å². The van der Waals surface area contributed by atoms with Crippen molar-refractivity contribution >= 4 is 39.1 Å². The van der Waals surface area contributed by atoms with E-state index in [1.165, 1.54) is 11.3 Å². The molecule has 0 spiro atoms. The lowest BCUT2D eigenvalue weighted by Crippen LogP contribution is -2.41. The second-order valence-corrected chi connectivity index (χ2v) is 4.86. The second-order valence-electron chi connectivity index (χ2n) is 3.09. The highest BCUT2D eigenvalue weighted by Crippen LogP contribution is 2.21. The van der Waals surface area contributed by atoms with Gasteiger partial charge in [0.25, 0.3) is 11.8 Å². The van der Waals surface area contributed by atoms with Gasteiger partial charge < -0.3 is 4.98 Å². The van der Waals surface area contributed by atoms with E-state index in [0.29, 0.717) is 15.0 Å². The van der Waals surface area contributed by atoms with Gasteiger partial charge in [0.15, 0.2) is 0 Å². The zero-order valence-corrected chi connectivity index (χ0v) is 10.9. The molecular formula is C10H8BrN3O2S. The number of hydrazine groups is 1. The van der Waals surface area contributed by atoms with Gasteiger partial charge in [-0.15, -0.1) is 11.3 Å². The molecule has 88 valence electrons. The lowest BCUT2D eigenvalue weighted by Gasteiger charge is -2.05. The molecule has 0 aromatic carbocycles. The maximum atomic E-state index is 11.6. The third-order valence-electron chi connectivity index (χ3n) is 1.96. The van der Waals surface area contributed by atoms with E-state index in [9.17, 15) is 9.59 Å². The Hall–Kier alpha value is -1.60. The molecule has 0 aliphatic heterocycles. The normalized spacial score (nSPS) is 9.94. The number of aromatic amines is 1. The number of rotatable bonds is 2. The Kier molecular flexibility index (Phi) is 3.60. The quantitative estimate of drug-likeness (QED) is 0.741. The first-order valence-electron chi connectivity index (χ1n) is 4.65. The predicted octanol–water partition coefficient (Wildman–Crippen LogP) is 1.91. The lowest BCUT2D eigenvalue weighted by molar-refractivity contribution is 0.0846. The van der Waals surface area contributed by atoms with Gasteiger partial charge in [0, 0.05) is 10.7 Å². The van der Waals surface area contributed by atoms with Crippen LogP contribution in [-0.4, -0.2) is 16.8 Å². The van der Waals surface area contributed by atoms with Crippen LogP contribution < -0.4 is 10.9 Å². The van der Waals surface area contributed by atoms with Crippen LogP contribution in [0.15, 0.2) is 34.2 Å². The summed E-state index contributed by atoms with van der Waals surface area (Å²) in [6, 6.07) is 5.08. The molecule has 0 aliphatic carbocycles. The number of hydrogen-bond acceptors (Lipinski definition) is 3. The molecule has 2 amide bonds. The highest BCUT2D eigenvalue weighted by molar-refractivity contribution is 9.10. The first kappa shape index (κ1) is 11.9. The fraction of sp³-hybridized carbons (Fsp3) is 0. The van der Waals surface area contributed by atoms with E-state index < -0.39 is 5.91 Å². The minimum atomic E-state index is -0.393. The van der Waals surface area contributed by atoms with E-state index in [-0.39, 0.29) is 5.91 Å². The maximum absolute atomic E-state index is 11.6. The fourth-order valence-corrected chi connectivity index (χ4v) is 2.61. The van der Waals surface area contributed by atoms with Crippen molar-refractivity contribution in [3.63, 3.8) is 0 Å². The molecule has 2 rings (SSSR count). The molecule has 0 fully saturated rings. The van der Waals surface area contributed by atoms with Crippen LogP contribution in [0.1, 0.15) is 20.2 Å². The third-order valence-corrected chi connectivity index (χ3v) is 3.79. The molecule has 2 aromatic rings. The molecule has 7 heteroatoms. The lowest BCUT2D eigenvalue weighted by atomic mass is 10.4. The molecule has 0 unspecified atom stereocenters. The van der Waals surface area contributed by atoms with E-state index in [1.807, 2.05) is 0 Å². The highest BCUT2D eigenvalue weighted by atomic mass is 79.9. The van der Waals surface area contributed by atoms with Crippen molar-refractivity contribution in [2.24, 2.45) is 0 Å². The number of amides is 2. The molecule has 0 saturated carbocycles. The number of nitrogens with one attached hydrogen (secondary N) is 3. The van der Waals surface area contributed by atoms with Crippen LogP contribution in [0.25, 0.3) is 0 Å². The molecule has 0 radical (unpaired) electrons. The number of aromatic nitrogens is 1. The third kappa shape index (κ3) is 2.75. The topological polar surface area (TPSA) is 74.0 Å². The molecule has 0 bridgehead atoms. The Morgan fingerprint density at radius 2 is 2.00 bits per heavy atom. The zero-order chi connectivity index (χ0) is 12.3. The van der Waals surface area contributed by atoms with Gasteiger partial charge in [-0.3, -0.25) is 20.4 Å². The average molecular weight is 314 g/mol. The van der Waals surface area contributed by atoms with Gasteiger partial charge in [0.1, 0.15) is 10.6 Å². The van der Waals surface area contributed by atoms with E-state index in [2.05, 4.69) is 31.8 Å². The molecule has 0 atom stereocenters. The van der Waals surface area contributed by atoms with Crippen LogP contribution in [0.4, 0.5) is 0 Å². The summed E-state index contributed by atoms with van der Waals surface area (Å²) in [5.74, 6) is -0.747. The molecule has 2 heterocycles. The molecule has 17 heavy (non-hydrogen) atoms. The smallest absolute Gasteiger partial charge is 0.286 e. The summed E-state index contributed by atoms with van der Waals surface area (Å²) < 4.78 is 0.703. The number of thiophene rings is 1. The van der Waals surface area contributed by atoms with Crippen molar-refractivity contribution in [2.45, 2.75) is 0 Å². The molecular weight excluding hydrogens is 306 g/mol. The van der Waals surface area contributed by atoms with Crippen LogP contribution in [0.5, 0.6) is 0 Å². The Balaban J connectivity index is 1.93. The minimum absolute atomic E-state index is 0.355. The number of halogens is 1. The van der Waals surface area contributed by atoms with Gasteiger partial charge in [0.2, 0.25) is 0 Å². The first-order chi connectivity index (χ1) is 8.18. The van der Waals surface area contributed by atoms with Crippen molar-refractivity contribution in [1.29, 1.82) is 0 Å². The van der Waals surface area contributed by atoms with E-state index >= 15 is 0 Å². The fourth-order valence-electron chi connectivity index (χ4n) is 1.16.